The minimum Gasteiger partial charge on any atom is -0.481 e. The summed E-state index contributed by atoms with van der Waals surface area (Å²) in [6.07, 6.45) is 7.77. The zero-order chi connectivity index (χ0) is 25.1. The van der Waals surface area contributed by atoms with Gasteiger partial charge in [0.05, 0.1) is 11.5 Å². The Bertz CT molecular complexity index is 961. The summed E-state index contributed by atoms with van der Waals surface area (Å²) in [7, 11) is 0. The number of allylic oxidation sites excluding steroid dienone is 1. The van der Waals surface area contributed by atoms with Crippen molar-refractivity contribution in [2.45, 2.75) is 112 Å². The van der Waals surface area contributed by atoms with Crippen molar-refractivity contribution in [2.24, 2.45) is 50.7 Å². The molecule has 7 unspecified atom stereocenters. The number of aliphatic carboxylic acids is 1. The molecule has 0 aliphatic heterocycles. The normalized spacial score (nSPS) is 49.9. The highest BCUT2D eigenvalue weighted by atomic mass is 16.4. The van der Waals surface area contributed by atoms with Gasteiger partial charge >= 0.3 is 5.97 Å². The fraction of sp³-hybridized carbons (Fsp3) is 0.867. The fourth-order valence-electron chi connectivity index (χ4n) is 10.9. The summed E-state index contributed by atoms with van der Waals surface area (Å²) in [5.41, 5.74) is 1.16. The third kappa shape index (κ3) is 2.70. The first-order valence-electron chi connectivity index (χ1n) is 13.9. The maximum absolute atomic E-state index is 13.2. The number of hydrogen-bond acceptors (Lipinski definition) is 3. The molecule has 5 aliphatic carbocycles. The number of carbonyl (C=O) groups excluding carboxylic acids is 1. The van der Waals surface area contributed by atoms with Crippen molar-refractivity contribution < 1.29 is 19.8 Å². The van der Waals surface area contributed by atoms with Crippen molar-refractivity contribution in [1.82, 2.24) is 0 Å². The molecule has 4 nitrogen and oxygen atoms in total. The molecule has 8 atom stereocenters. The van der Waals surface area contributed by atoms with Gasteiger partial charge < -0.3 is 10.2 Å². The molecule has 2 N–H and O–H groups in total. The van der Waals surface area contributed by atoms with Crippen LogP contribution in [0.1, 0.15) is 106 Å². The molecule has 190 valence electrons. The molecule has 0 aromatic heterocycles. The average molecular weight is 471 g/mol. The maximum Gasteiger partial charge on any atom is 0.314 e. The van der Waals surface area contributed by atoms with Crippen LogP contribution in [0.4, 0.5) is 0 Å². The van der Waals surface area contributed by atoms with Crippen LogP contribution in [0.15, 0.2) is 11.1 Å². The van der Waals surface area contributed by atoms with E-state index in [9.17, 15) is 19.8 Å². The van der Waals surface area contributed by atoms with Gasteiger partial charge in [0.15, 0.2) is 5.78 Å². The van der Waals surface area contributed by atoms with Crippen LogP contribution in [0.5, 0.6) is 0 Å². The Labute approximate surface area is 206 Å². The lowest BCUT2D eigenvalue weighted by atomic mass is 9.33. The predicted octanol–water partition coefficient (Wildman–Crippen LogP) is 6.41. The summed E-state index contributed by atoms with van der Waals surface area (Å²) in [5.74, 6) is 0.656. The molecule has 0 radical (unpaired) electrons. The number of aliphatic hydroxyl groups excluding tert-OH is 1. The molecule has 0 aromatic rings. The zero-order valence-corrected chi connectivity index (χ0v) is 22.5. The number of ketones is 1. The van der Waals surface area contributed by atoms with E-state index in [1.807, 2.05) is 0 Å². The van der Waals surface area contributed by atoms with E-state index in [0.717, 1.165) is 56.1 Å². The second-order valence-corrected chi connectivity index (χ2v) is 14.5. The van der Waals surface area contributed by atoms with Gasteiger partial charge in [0, 0.05) is 6.42 Å². The van der Waals surface area contributed by atoms with Crippen LogP contribution in [-0.2, 0) is 9.59 Å². The molecular weight excluding hydrogens is 424 g/mol. The third-order valence-electron chi connectivity index (χ3n) is 12.8. The number of aliphatic hydroxyl groups is 1. The molecule has 34 heavy (non-hydrogen) atoms. The molecule has 4 saturated carbocycles. The first kappa shape index (κ1) is 24.5. The fourth-order valence-corrected chi connectivity index (χ4v) is 10.9. The lowest BCUT2D eigenvalue weighted by Gasteiger charge is -2.71. The van der Waals surface area contributed by atoms with Crippen LogP contribution >= 0.6 is 0 Å². The number of rotatable bonds is 2. The van der Waals surface area contributed by atoms with Gasteiger partial charge in [0.25, 0.3) is 0 Å². The molecule has 0 amide bonds. The van der Waals surface area contributed by atoms with E-state index < -0.39 is 11.4 Å². The Morgan fingerprint density at radius 2 is 1.56 bits per heavy atom. The summed E-state index contributed by atoms with van der Waals surface area (Å²) in [5, 5.41) is 21.3. The second kappa shape index (κ2) is 7.20. The zero-order valence-electron chi connectivity index (χ0n) is 22.5. The highest BCUT2D eigenvalue weighted by Gasteiger charge is 2.70. The van der Waals surface area contributed by atoms with Crippen molar-refractivity contribution in [3.05, 3.63) is 11.1 Å². The Morgan fingerprint density at radius 1 is 0.882 bits per heavy atom. The summed E-state index contributed by atoms with van der Waals surface area (Å²) in [4.78, 5) is 26.0. The van der Waals surface area contributed by atoms with Crippen molar-refractivity contribution in [3.63, 3.8) is 0 Å². The first-order chi connectivity index (χ1) is 15.7. The standard InChI is InChI=1S/C30H46O4/c1-17(2)23-19(31)16-30(25(33)34)15-14-28(6)18(24(23)30)8-9-21-27(5)12-11-22(32)26(3,4)20(27)10-13-29(21,28)7/h17-18,20-22,32H,8-16H2,1-7H3,(H,33,34)/t18?,20?,21?,22?,27?,28?,29?,30-/m0/s1. The molecule has 5 aliphatic rings. The number of carbonyl (C=O) groups is 2. The van der Waals surface area contributed by atoms with E-state index in [4.69, 9.17) is 0 Å². The molecule has 0 saturated heterocycles. The topological polar surface area (TPSA) is 74.6 Å². The molecular formula is C30H46O4. The molecule has 0 spiro atoms. The summed E-state index contributed by atoms with van der Waals surface area (Å²) >= 11 is 0. The lowest BCUT2D eigenvalue weighted by molar-refractivity contribution is -0.228. The van der Waals surface area contributed by atoms with Crippen molar-refractivity contribution >= 4 is 11.8 Å². The number of fused-ring (bicyclic) bond motifs is 7. The van der Waals surface area contributed by atoms with Gasteiger partial charge in [-0.25, -0.2) is 0 Å². The van der Waals surface area contributed by atoms with Gasteiger partial charge in [0.1, 0.15) is 0 Å². The largest absolute Gasteiger partial charge is 0.481 e. The van der Waals surface area contributed by atoms with Crippen LogP contribution in [0.3, 0.4) is 0 Å². The van der Waals surface area contributed by atoms with Crippen molar-refractivity contribution in [1.29, 1.82) is 0 Å². The van der Waals surface area contributed by atoms with E-state index in [2.05, 4.69) is 48.5 Å². The lowest BCUT2D eigenvalue weighted by Crippen LogP contribution is -2.65. The van der Waals surface area contributed by atoms with Gasteiger partial charge in [-0.1, -0.05) is 48.5 Å². The van der Waals surface area contributed by atoms with Gasteiger partial charge in [0.2, 0.25) is 0 Å². The third-order valence-corrected chi connectivity index (χ3v) is 12.8. The Hall–Kier alpha value is -1.16. The SMILES string of the molecule is CC(C)C1=C2C3CCC4C5(C)CCC(O)C(C)(C)C5CCC4(C)C3(C)CC[C@]2(C(=O)O)CC1=O. The maximum atomic E-state index is 13.2. The van der Waals surface area contributed by atoms with Crippen LogP contribution < -0.4 is 0 Å². The highest BCUT2D eigenvalue weighted by molar-refractivity contribution is 6.05. The Morgan fingerprint density at radius 3 is 2.18 bits per heavy atom. The van der Waals surface area contributed by atoms with Crippen molar-refractivity contribution in [2.75, 3.05) is 0 Å². The molecule has 0 aromatic carbocycles. The number of carboxylic acids is 1. The van der Waals surface area contributed by atoms with Crippen LogP contribution in [0.2, 0.25) is 0 Å². The quantitative estimate of drug-likeness (QED) is 0.489. The first-order valence-corrected chi connectivity index (χ1v) is 13.9. The van der Waals surface area contributed by atoms with Crippen LogP contribution in [0, 0.1) is 50.7 Å². The number of carboxylic acid groups (broad SMARTS) is 1. The monoisotopic (exact) mass is 470 g/mol. The molecule has 4 fully saturated rings. The summed E-state index contributed by atoms with van der Waals surface area (Å²) in [6.45, 7) is 16.2. The molecule has 5 rings (SSSR count). The van der Waals surface area contributed by atoms with Gasteiger partial charge in [-0.15, -0.1) is 0 Å². The van der Waals surface area contributed by atoms with Crippen LogP contribution in [0.25, 0.3) is 0 Å². The smallest absolute Gasteiger partial charge is 0.314 e. The number of Topliss-reactive ketones (excluding diaryl/α,β-unsaturated/α-hetero) is 1. The van der Waals surface area contributed by atoms with E-state index in [-0.39, 0.29) is 51.8 Å². The highest BCUT2D eigenvalue weighted by Crippen LogP contribution is 2.76. The van der Waals surface area contributed by atoms with E-state index >= 15 is 0 Å². The van der Waals surface area contributed by atoms with Crippen molar-refractivity contribution in [3.8, 4) is 0 Å². The molecule has 0 heterocycles. The van der Waals surface area contributed by atoms with E-state index in [1.165, 1.54) is 0 Å². The van der Waals surface area contributed by atoms with Gasteiger partial charge in [-0.05, 0) is 108 Å². The Kier molecular flexibility index (Phi) is 5.20. The Balaban J connectivity index is 1.62. The average Bonchev–Trinajstić information content (AvgIpc) is 3.05. The minimum absolute atomic E-state index is 0.00312. The van der Waals surface area contributed by atoms with E-state index in [0.29, 0.717) is 18.3 Å². The minimum atomic E-state index is -0.970. The van der Waals surface area contributed by atoms with Gasteiger partial charge in [-0.3, -0.25) is 9.59 Å². The number of hydrogen-bond donors (Lipinski definition) is 2. The molecule has 0 bridgehead atoms. The summed E-state index contributed by atoms with van der Waals surface area (Å²) in [6, 6.07) is 0. The van der Waals surface area contributed by atoms with E-state index in [1.54, 1.807) is 0 Å². The molecule has 4 heteroatoms. The predicted molar refractivity (Wildman–Crippen MR) is 133 cm³/mol. The second-order valence-electron chi connectivity index (χ2n) is 14.5. The summed E-state index contributed by atoms with van der Waals surface area (Å²) < 4.78 is 0. The van der Waals surface area contributed by atoms with Crippen LogP contribution in [-0.4, -0.2) is 28.1 Å². The van der Waals surface area contributed by atoms with Gasteiger partial charge in [-0.2, -0.15) is 0 Å².